The second-order valence-electron chi connectivity index (χ2n) is 4.58. The largest absolute Gasteiger partial charge is 0.369 e. The van der Waals surface area contributed by atoms with E-state index in [-0.39, 0.29) is 5.91 Å². The molecular weight excluding hydrogens is 286 g/mol. The minimum atomic E-state index is -0.164. The highest BCUT2D eigenvalue weighted by molar-refractivity contribution is 6.33. The molecule has 0 fully saturated rings. The smallest absolute Gasteiger partial charge is 0.252 e. The summed E-state index contributed by atoms with van der Waals surface area (Å²) in [6.07, 6.45) is 2.32. The van der Waals surface area contributed by atoms with Crippen molar-refractivity contribution in [3.8, 4) is 0 Å². The number of benzene rings is 1. The molecule has 2 rings (SSSR count). The number of carbonyl (C=O) groups excluding carboxylic acids is 1. The van der Waals surface area contributed by atoms with Gasteiger partial charge in [0.25, 0.3) is 5.91 Å². The number of hydrogen-bond donors (Lipinski definition) is 2. The van der Waals surface area contributed by atoms with Crippen LogP contribution in [0.1, 0.15) is 22.8 Å². The van der Waals surface area contributed by atoms with Crippen molar-refractivity contribution in [3.63, 3.8) is 0 Å². The summed E-state index contributed by atoms with van der Waals surface area (Å²) >= 11 is 6.08. The molecule has 0 aliphatic carbocycles. The van der Waals surface area contributed by atoms with E-state index in [1.165, 1.54) is 11.8 Å². The van der Waals surface area contributed by atoms with E-state index in [0.29, 0.717) is 22.9 Å². The lowest BCUT2D eigenvalue weighted by molar-refractivity contribution is 0.0954. The van der Waals surface area contributed by atoms with Gasteiger partial charge in [0.2, 0.25) is 0 Å². The van der Waals surface area contributed by atoms with E-state index in [2.05, 4.69) is 15.6 Å². The van der Waals surface area contributed by atoms with Gasteiger partial charge in [0, 0.05) is 19.3 Å². The van der Waals surface area contributed by atoms with Crippen molar-refractivity contribution in [3.05, 3.63) is 58.7 Å². The van der Waals surface area contributed by atoms with Crippen LogP contribution in [0.2, 0.25) is 5.02 Å². The Balaban J connectivity index is 1.90. The minimum absolute atomic E-state index is 0.164. The molecule has 21 heavy (non-hydrogen) atoms. The molecule has 4 nitrogen and oxygen atoms in total. The summed E-state index contributed by atoms with van der Waals surface area (Å²) in [4.78, 5) is 16.2. The molecule has 110 valence electrons. The normalized spacial score (nSPS) is 10.2. The molecule has 1 aromatic carbocycles. The van der Waals surface area contributed by atoms with Gasteiger partial charge in [-0.1, -0.05) is 41.9 Å². The Morgan fingerprint density at radius 2 is 2.05 bits per heavy atom. The molecule has 1 heterocycles. The van der Waals surface area contributed by atoms with Crippen molar-refractivity contribution in [2.45, 2.75) is 13.3 Å². The van der Waals surface area contributed by atoms with Crippen LogP contribution in [0.4, 0.5) is 5.82 Å². The fourth-order valence-corrected chi connectivity index (χ4v) is 2.16. The van der Waals surface area contributed by atoms with E-state index >= 15 is 0 Å². The topological polar surface area (TPSA) is 54.0 Å². The van der Waals surface area contributed by atoms with Gasteiger partial charge in [0.05, 0.1) is 10.6 Å². The van der Waals surface area contributed by atoms with Gasteiger partial charge >= 0.3 is 0 Å². The number of hydrogen-bond acceptors (Lipinski definition) is 3. The molecule has 0 aliphatic rings. The van der Waals surface area contributed by atoms with E-state index in [1.807, 2.05) is 37.3 Å². The van der Waals surface area contributed by atoms with Gasteiger partial charge in [0.1, 0.15) is 5.82 Å². The zero-order chi connectivity index (χ0) is 15.1. The molecule has 0 aliphatic heterocycles. The van der Waals surface area contributed by atoms with E-state index in [1.54, 1.807) is 6.07 Å². The van der Waals surface area contributed by atoms with Crippen LogP contribution in [0.25, 0.3) is 0 Å². The fourth-order valence-electron chi connectivity index (χ4n) is 1.93. The molecule has 0 atom stereocenters. The van der Waals surface area contributed by atoms with Crippen molar-refractivity contribution in [1.82, 2.24) is 10.3 Å². The molecule has 0 unspecified atom stereocenters. The van der Waals surface area contributed by atoms with Crippen LogP contribution in [0.5, 0.6) is 0 Å². The van der Waals surface area contributed by atoms with Crippen LogP contribution in [-0.2, 0) is 6.42 Å². The number of carbonyl (C=O) groups is 1. The van der Waals surface area contributed by atoms with Crippen LogP contribution < -0.4 is 10.6 Å². The van der Waals surface area contributed by atoms with Crippen LogP contribution in [-0.4, -0.2) is 24.0 Å². The summed E-state index contributed by atoms with van der Waals surface area (Å²) in [6.45, 7) is 3.27. The lowest BCUT2D eigenvalue weighted by Gasteiger charge is -2.08. The number of aromatic nitrogens is 1. The van der Waals surface area contributed by atoms with Crippen molar-refractivity contribution in [1.29, 1.82) is 0 Å². The molecule has 0 radical (unpaired) electrons. The SMILES string of the molecule is CCNc1ncc(C(=O)NCCc2ccccc2)cc1Cl. The average molecular weight is 304 g/mol. The maximum atomic E-state index is 12.0. The predicted octanol–water partition coefficient (Wildman–Crippen LogP) is 3.14. The summed E-state index contributed by atoms with van der Waals surface area (Å²) < 4.78 is 0. The highest BCUT2D eigenvalue weighted by atomic mass is 35.5. The molecule has 2 aromatic rings. The first-order valence-electron chi connectivity index (χ1n) is 6.92. The van der Waals surface area contributed by atoms with Crippen LogP contribution >= 0.6 is 11.6 Å². The molecular formula is C16H18ClN3O. The Morgan fingerprint density at radius 3 is 2.71 bits per heavy atom. The Bertz CT molecular complexity index is 602. The van der Waals surface area contributed by atoms with Crippen molar-refractivity contribution >= 4 is 23.3 Å². The summed E-state index contributed by atoms with van der Waals surface area (Å²) in [6, 6.07) is 11.7. The first kappa shape index (κ1) is 15.3. The van der Waals surface area contributed by atoms with E-state index < -0.39 is 0 Å². The summed E-state index contributed by atoms with van der Waals surface area (Å²) in [7, 11) is 0. The minimum Gasteiger partial charge on any atom is -0.369 e. The van der Waals surface area contributed by atoms with Crippen molar-refractivity contribution < 1.29 is 4.79 Å². The van der Waals surface area contributed by atoms with Crippen molar-refractivity contribution in [2.75, 3.05) is 18.4 Å². The molecule has 0 spiro atoms. The number of nitrogens with zero attached hydrogens (tertiary/aromatic N) is 1. The van der Waals surface area contributed by atoms with Crippen molar-refractivity contribution in [2.24, 2.45) is 0 Å². The van der Waals surface area contributed by atoms with E-state index in [0.717, 1.165) is 13.0 Å². The number of rotatable bonds is 6. The third-order valence-corrected chi connectivity index (χ3v) is 3.28. The monoisotopic (exact) mass is 303 g/mol. The number of anilines is 1. The van der Waals surface area contributed by atoms with E-state index in [4.69, 9.17) is 11.6 Å². The van der Waals surface area contributed by atoms with Gasteiger partial charge in [-0.25, -0.2) is 4.98 Å². The van der Waals surface area contributed by atoms with Gasteiger partial charge in [-0.15, -0.1) is 0 Å². The Labute approximate surface area is 129 Å². The maximum absolute atomic E-state index is 12.0. The Morgan fingerprint density at radius 1 is 1.29 bits per heavy atom. The third kappa shape index (κ3) is 4.46. The summed E-state index contributed by atoms with van der Waals surface area (Å²) in [5.41, 5.74) is 1.66. The van der Waals surface area contributed by atoms with Crippen LogP contribution in [0.3, 0.4) is 0 Å². The first-order valence-corrected chi connectivity index (χ1v) is 7.30. The molecule has 2 N–H and O–H groups in total. The maximum Gasteiger partial charge on any atom is 0.252 e. The van der Waals surface area contributed by atoms with Crippen LogP contribution in [0, 0.1) is 0 Å². The second kappa shape index (κ2) is 7.64. The fraction of sp³-hybridized carbons (Fsp3) is 0.250. The number of pyridine rings is 1. The van der Waals surface area contributed by atoms with Gasteiger partial charge in [0.15, 0.2) is 0 Å². The highest BCUT2D eigenvalue weighted by Crippen LogP contribution is 2.19. The molecule has 1 aromatic heterocycles. The highest BCUT2D eigenvalue weighted by Gasteiger charge is 2.09. The lowest BCUT2D eigenvalue weighted by atomic mass is 10.1. The molecule has 1 amide bonds. The van der Waals surface area contributed by atoms with E-state index in [9.17, 15) is 4.79 Å². The zero-order valence-electron chi connectivity index (χ0n) is 11.9. The van der Waals surface area contributed by atoms with Gasteiger partial charge in [-0.05, 0) is 25.0 Å². The predicted molar refractivity (Wildman–Crippen MR) is 85.9 cm³/mol. The second-order valence-corrected chi connectivity index (χ2v) is 4.98. The Kier molecular flexibility index (Phi) is 5.58. The van der Waals surface area contributed by atoms with Gasteiger partial charge < -0.3 is 10.6 Å². The number of nitrogens with one attached hydrogen (secondary N) is 2. The van der Waals surface area contributed by atoms with Gasteiger partial charge in [-0.3, -0.25) is 4.79 Å². The van der Waals surface area contributed by atoms with Crippen LogP contribution in [0.15, 0.2) is 42.6 Å². The van der Waals surface area contributed by atoms with Gasteiger partial charge in [-0.2, -0.15) is 0 Å². The summed E-state index contributed by atoms with van der Waals surface area (Å²) in [5, 5.41) is 6.35. The summed E-state index contributed by atoms with van der Waals surface area (Å²) in [5.74, 6) is 0.434. The zero-order valence-corrected chi connectivity index (χ0v) is 12.7. The average Bonchev–Trinajstić information content (AvgIpc) is 2.50. The number of halogens is 1. The molecule has 0 bridgehead atoms. The molecule has 5 heteroatoms. The molecule has 0 saturated carbocycles. The lowest BCUT2D eigenvalue weighted by Crippen LogP contribution is -2.25. The number of amides is 1. The first-order chi connectivity index (χ1) is 10.2. The quantitative estimate of drug-likeness (QED) is 0.862. The Hall–Kier alpha value is -2.07. The third-order valence-electron chi connectivity index (χ3n) is 2.99. The molecule has 0 saturated heterocycles. The standard InChI is InChI=1S/C16H18ClN3O/c1-2-18-15-14(17)10-13(11-20-15)16(21)19-9-8-12-6-4-3-5-7-12/h3-7,10-11H,2,8-9H2,1H3,(H,18,20)(H,19,21).